The van der Waals surface area contributed by atoms with E-state index in [0.29, 0.717) is 22.1 Å². The van der Waals surface area contributed by atoms with Gasteiger partial charge < -0.3 is 10.1 Å². The molecule has 8 heteroatoms. The number of nitrogens with one attached hydrogen (secondary N) is 1. The Morgan fingerprint density at radius 1 is 1.18 bits per heavy atom. The molecule has 28 heavy (non-hydrogen) atoms. The van der Waals surface area contributed by atoms with Crippen molar-refractivity contribution < 1.29 is 19.1 Å². The molecule has 1 heterocycles. The van der Waals surface area contributed by atoms with Crippen molar-refractivity contribution >= 4 is 40.8 Å². The fraction of sp³-hybridized carbons (Fsp3) is 0.250. The van der Waals surface area contributed by atoms with E-state index in [1.165, 1.54) is 18.1 Å². The van der Waals surface area contributed by atoms with Crippen molar-refractivity contribution in [1.82, 2.24) is 4.90 Å². The molecule has 0 aliphatic carbocycles. The third-order valence-electron chi connectivity index (χ3n) is 4.50. The standard InChI is InChI=1S/C20H20ClN3O4/c1-12-4-7-15(8-5-12)24-13(2)19(26)23(20(24)27)11-18(25)22-16-10-14(21)6-9-17(16)28-3/h4-10,13H,11H2,1-3H3,(H,22,25)/t13-/m0/s1. The predicted molar refractivity (Wildman–Crippen MR) is 107 cm³/mol. The van der Waals surface area contributed by atoms with Gasteiger partial charge in [0, 0.05) is 10.7 Å². The molecule has 1 saturated heterocycles. The molecule has 1 aliphatic heterocycles. The molecule has 146 valence electrons. The summed E-state index contributed by atoms with van der Waals surface area (Å²) in [5.41, 5.74) is 2.01. The van der Waals surface area contributed by atoms with Crippen LogP contribution in [0.5, 0.6) is 5.75 Å². The van der Waals surface area contributed by atoms with E-state index in [1.807, 2.05) is 19.1 Å². The van der Waals surface area contributed by atoms with E-state index in [2.05, 4.69) is 5.32 Å². The first kappa shape index (κ1) is 19.7. The monoisotopic (exact) mass is 401 g/mol. The smallest absolute Gasteiger partial charge is 0.332 e. The van der Waals surface area contributed by atoms with Crippen LogP contribution in [0.15, 0.2) is 42.5 Å². The summed E-state index contributed by atoms with van der Waals surface area (Å²) in [5, 5.41) is 3.05. The number of anilines is 2. The Hall–Kier alpha value is -3.06. The number of rotatable bonds is 5. The zero-order valence-electron chi connectivity index (χ0n) is 15.7. The maximum atomic E-state index is 12.8. The number of hydrogen-bond acceptors (Lipinski definition) is 4. The molecule has 2 aromatic rings. The van der Waals surface area contributed by atoms with Gasteiger partial charge in [-0.15, -0.1) is 0 Å². The lowest BCUT2D eigenvalue weighted by Gasteiger charge is -2.19. The van der Waals surface area contributed by atoms with Crippen LogP contribution in [0.2, 0.25) is 5.02 Å². The molecular weight excluding hydrogens is 382 g/mol. The van der Waals surface area contributed by atoms with Crippen molar-refractivity contribution in [3.05, 3.63) is 53.1 Å². The summed E-state index contributed by atoms with van der Waals surface area (Å²) in [6, 6.07) is 10.8. The minimum absolute atomic E-state index is 0.363. The van der Waals surface area contributed by atoms with Crippen LogP contribution in [0.3, 0.4) is 0 Å². The number of benzene rings is 2. The molecule has 0 radical (unpaired) electrons. The highest BCUT2D eigenvalue weighted by Crippen LogP contribution is 2.29. The third kappa shape index (κ3) is 3.80. The molecule has 0 unspecified atom stereocenters. The fourth-order valence-electron chi connectivity index (χ4n) is 3.02. The molecule has 4 amide bonds. The van der Waals surface area contributed by atoms with Gasteiger partial charge in [0.15, 0.2) is 0 Å². The van der Waals surface area contributed by atoms with Crippen LogP contribution < -0.4 is 15.0 Å². The fourth-order valence-corrected chi connectivity index (χ4v) is 3.19. The summed E-state index contributed by atoms with van der Waals surface area (Å²) in [6.07, 6.45) is 0. The maximum absolute atomic E-state index is 12.8. The van der Waals surface area contributed by atoms with E-state index in [-0.39, 0.29) is 0 Å². The number of urea groups is 1. The first-order valence-electron chi connectivity index (χ1n) is 8.66. The molecule has 7 nitrogen and oxygen atoms in total. The largest absolute Gasteiger partial charge is 0.495 e. The average molecular weight is 402 g/mol. The number of methoxy groups -OCH3 is 1. The van der Waals surface area contributed by atoms with E-state index in [4.69, 9.17) is 16.3 Å². The second-order valence-electron chi connectivity index (χ2n) is 6.48. The Morgan fingerprint density at radius 2 is 1.86 bits per heavy atom. The quantitative estimate of drug-likeness (QED) is 0.778. The van der Waals surface area contributed by atoms with Crippen LogP contribution in [0.1, 0.15) is 12.5 Å². The number of hydrogen-bond donors (Lipinski definition) is 1. The number of amides is 4. The molecule has 2 aromatic carbocycles. The first-order chi connectivity index (χ1) is 13.3. The summed E-state index contributed by atoms with van der Waals surface area (Å²) in [7, 11) is 1.47. The molecule has 1 atom stereocenters. The maximum Gasteiger partial charge on any atom is 0.332 e. The molecule has 0 spiro atoms. The van der Waals surface area contributed by atoms with E-state index in [0.717, 1.165) is 10.5 Å². The normalized spacial score (nSPS) is 16.5. The van der Waals surface area contributed by atoms with E-state index >= 15 is 0 Å². The summed E-state index contributed by atoms with van der Waals surface area (Å²) in [6.45, 7) is 3.17. The van der Waals surface area contributed by atoms with Crippen LogP contribution in [-0.4, -0.2) is 42.4 Å². The van der Waals surface area contributed by atoms with Crippen LogP contribution in [0, 0.1) is 6.92 Å². The van der Waals surface area contributed by atoms with Gasteiger partial charge in [-0.25, -0.2) is 4.79 Å². The van der Waals surface area contributed by atoms with Crippen molar-refractivity contribution in [1.29, 1.82) is 0 Å². The molecule has 0 aromatic heterocycles. The molecule has 1 aliphatic rings. The lowest BCUT2D eigenvalue weighted by Crippen LogP contribution is -2.39. The zero-order valence-corrected chi connectivity index (χ0v) is 16.5. The minimum atomic E-state index is -0.691. The molecule has 3 rings (SSSR count). The zero-order chi connectivity index (χ0) is 20.4. The van der Waals surface area contributed by atoms with Gasteiger partial charge in [-0.05, 0) is 44.2 Å². The second-order valence-corrected chi connectivity index (χ2v) is 6.92. The summed E-state index contributed by atoms with van der Waals surface area (Å²) in [5.74, 6) is -0.537. The number of nitrogens with zero attached hydrogens (tertiary/aromatic N) is 2. The van der Waals surface area contributed by atoms with Gasteiger partial charge in [-0.2, -0.15) is 0 Å². The highest BCUT2D eigenvalue weighted by atomic mass is 35.5. The van der Waals surface area contributed by atoms with Gasteiger partial charge >= 0.3 is 6.03 Å². The summed E-state index contributed by atoms with van der Waals surface area (Å²) < 4.78 is 5.19. The van der Waals surface area contributed by atoms with Crippen molar-refractivity contribution in [3.63, 3.8) is 0 Å². The lowest BCUT2D eigenvalue weighted by atomic mass is 10.2. The summed E-state index contributed by atoms with van der Waals surface area (Å²) >= 11 is 5.96. The molecular formula is C20H20ClN3O4. The predicted octanol–water partition coefficient (Wildman–Crippen LogP) is 3.45. The number of carbonyl (C=O) groups excluding carboxylic acids is 3. The molecule has 1 fully saturated rings. The van der Waals surface area contributed by atoms with Gasteiger partial charge in [0.25, 0.3) is 5.91 Å². The highest BCUT2D eigenvalue weighted by Gasteiger charge is 2.44. The van der Waals surface area contributed by atoms with Crippen molar-refractivity contribution in [2.75, 3.05) is 23.9 Å². The van der Waals surface area contributed by atoms with Crippen LogP contribution in [-0.2, 0) is 9.59 Å². The summed E-state index contributed by atoms with van der Waals surface area (Å²) in [4.78, 5) is 40.1. The van der Waals surface area contributed by atoms with Gasteiger partial charge in [0.2, 0.25) is 5.91 Å². The van der Waals surface area contributed by atoms with E-state index in [9.17, 15) is 14.4 Å². The Bertz CT molecular complexity index is 930. The van der Waals surface area contributed by atoms with E-state index < -0.39 is 30.4 Å². The first-order valence-corrected chi connectivity index (χ1v) is 9.04. The number of halogens is 1. The topological polar surface area (TPSA) is 79.0 Å². The number of imide groups is 1. The Morgan fingerprint density at radius 3 is 2.50 bits per heavy atom. The Kier molecular flexibility index (Phi) is 5.56. The van der Waals surface area contributed by atoms with Crippen LogP contribution in [0.4, 0.5) is 16.2 Å². The number of aryl methyl sites for hydroxylation is 1. The van der Waals surface area contributed by atoms with Crippen LogP contribution in [0.25, 0.3) is 0 Å². The lowest BCUT2D eigenvalue weighted by molar-refractivity contribution is -0.130. The van der Waals surface area contributed by atoms with E-state index in [1.54, 1.807) is 31.2 Å². The Labute approximate surface area is 167 Å². The van der Waals surface area contributed by atoms with Crippen molar-refractivity contribution in [3.8, 4) is 5.75 Å². The van der Waals surface area contributed by atoms with Gasteiger partial charge in [0.05, 0.1) is 12.8 Å². The van der Waals surface area contributed by atoms with Crippen LogP contribution >= 0.6 is 11.6 Å². The highest BCUT2D eigenvalue weighted by molar-refractivity contribution is 6.31. The second kappa shape index (κ2) is 7.90. The molecule has 0 bridgehead atoms. The molecule has 1 N–H and O–H groups in total. The SMILES string of the molecule is COc1ccc(Cl)cc1NC(=O)CN1C(=O)[C@H](C)N(c2ccc(C)cc2)C1=O. The van der Waals surface area contributed by atoms with Gasteiger partial charge in [-0.1, -0.05) is 29.3 Å². The third-order valence-corrected chi connectivity index (χ3v) is 4.73. The Balaban J connectivity index is 1.76. The minimum Gasteiger partial charge on any atom is -0.495 e. The van der Waals surface area contributed by atoms with Crippen molar-refractivity contribution in [2.45, 2.75) is 19.9 Å². The number of ether oxygens (including phenoxy) is 1. The molecule has 0 saturated carbocycles. The van der Waals surface area contributed by atoms with Crippen molar-refractivity contribution in [2.24, 2.45) is 0 Å². The average Bonchev–Trinajstić information content (AvgIpc) is 2.86. The van der Waals surface area contributed by atoms with Gasteiger partial charge in [0.1, 0.15) is 18.3 Å². The van der Waals surface area contributed by atoms with Gasteiger partial charge in [-0.3, -0.25) is 19.4 Å². The number of carbonyl (C=O) groups is 3.